The molecule has 5 nitrogen and oxygen atoms in total. The molecule has 0 aromatic heterocycles. The number of hydrogen-bond acceptors (Lipinski definition) is 4. The van der Waals surface area contributed by atoms with Crippen molar-refractivity contribution in [3.63, 3.8) is 0 Å². The van der Waals surface area contributed by atoms with E-state index in [1.54, 1.807) is 12.1 Å². The number of hydrogen-bond donors (Lipinski definition) is 1. The number of halogens is 1. The molecule has 1 atom stereocenters. The molecule has 0 radical (unpaired) electrons. The number of likely N-dealkylation sites (N-methyl/N-ethyl adjacent to an activating group) is 1. The highest BCUT2D eigenvalue weighted by Crippen LogP contribution is 2.20. The normalized spacial score (nSPS) is 18.6. The van der Waals surface area contributed by atoms with E-state index in [1.165, 1.54) is 6.07 Å². The Morgan fingerprint density at radius 3 is 2.62 bits per heavy atom. The van der Waals surface area contributed by atoms with Gasteiger partial charge in [0.15, 0.2) is 0 Å². The van der Waals surface area contributed by atoms with E-state index in [9.17, 15) is 14.1 Å². The summed E-state index contributed by atoms with van der Waals surface area (Å²) in [7, 11) is 0.791. The number of benzene rings is 1. The van der Waals surface area contributed by atoms with E-state index in [2.05, 4.69) is 32.8 Å². The predicted octanol–water partition coefficient (Wildman–Crippen LogP) is 1.50. The quantitative estimate of drug-likeness (QED) is 0.845. The fraction of sp³-hybridized carbons (Fsp3) is 0.500. The Morgan fingerprint density at radius 1 is 1.33 bits per heavy atom. The maximum atomic E-state index is 12.4. The Morgan fingerprint density at radius 2 is 2.00 bits per heavy atom. The molecule has 1 aliphatic heterocycles. The third-order valence-corrected chi connectivity index (χ3v) is 5.48. The van der Waals surface area contributed by atoms with Gasteiger partial charge in [0.2, 0.25) is 0 Å². The van der Waals surface area contributed by atoms with E-state index in [0.717, 1.165) is 37.2 Å². The van der Waals surface area contributed by atoms with E-state index in [4.69, 9.17) is 0 Å². The maximum absolute atomic E-state index is 12.4. The number of carbonyl (C=O) groups is 1. The maximum Gasteiger partial charge on any atom is 0.336 e. The van der Waals surface area contributed by atoms with Crippen LogP contribution >= 0.6 is 15.9 Å². The van der Waals surface area contributed by atoms with E-state index >= 15 is 0 Å². The van der Waals surface area contributed by atoms with Crippen LogP contribution in [0.4, 0.5) is 0 Å². The fourth-order valence-corrected chi connectivity index (χ4v) is 4.07. The number of aromatic carboxylic acids is 1. The van der Waals surface area contributed by atoms with Crippen molar-refractivity contribution in [2.45, 2.75) is 4.90 Å². The van der Waals surface area contributed by atoms with Gasteiger partial charge in [0, 0.05) is 42.9 Å². The van der Waals surface area contributed by atoms with Crippen LogP contribution < -0.4 is 0 Å². The van der Waals surface area contributed by atoms with Gasteiger partial charge >= 0.3 is 5.97 Å². The van der Waals surface area contributed by atoms with Gasteiger partial charge in [-0.2, -0.15) is 0 Å². The molecular weight excluding hydrogens is 356 g/mol. The van der Waals surface area contributed by atoms with Crippen LogP contribution in [0.3, 0.4) is 0 Å². The fourth-order valence-electron chi connectivity index (χ4n) is 2.25. The molecule has 2 rings (SSSR count). The minimum Gasteiger partial charge on any atom is -0.478 e. The Balaban J connectivity index is 2.00. The van der Waals surface area contributed by atoms with Crippen LogP contribution in [0.25, 0.3) is 0 Å². The standard InChI is InChI=1S/C14H19BrN2O3S/c1-16-4-6-17(7-5-16)8-9-21(20)13-10-11(15)2-3-12(13)14(18)19/h2-3,10H,4-9H2,1H3,(H,18,19). The summed E-state index contributed by atoms with van der Waals surface area (Å²) in [5.74, 6) is -0.578. The number of carboxylic acid groups (broad SMARTS) is 1. The first-order chi connectivity index (χ1) is 9.97. The van der Waals surface area contributed by atoms with Crippen molar-refractivity contribution in [1.29, 1.82) is 0 Å². The van der Waals surface area contributed by atoms with Crippen molar-refractivity contribution in [3.8, 4) is 0 Å². The Kier molecular flexibility index (Phi) is 5.92. The molecular formula is C14H19BrN2O3S. The summed E-state index contributed by atoms with van der Waals surface area (Å²) >= 11 is 3.30. The summed E-state index contributed by atoms with van der Waals surface area (Å²) in [5, 5.41) is 9.19. The van der Waals surface area contributed by atoms with E-state index in [1.807, 2.05) is 0 Å². The highest BCUT2D eigenvalue weighted by molar-refractivity contribution is 9.10. The zero-order valence-electron chi connectivity index (χ0n) is 11.9. The van der Waals surface area contributed by atoms with Crippen LogP contribution in [-0.2, 0) is 10.8 Å². The van der Waals surface area contributed by atoms with Crippen molar-refractivity contribution in [1.82, 2.24) is 9.80 Å². The summed E-state index contributed by atoms with van der Waals surface area (Å²) in [5.41, 5.74) is 0.120. The number of rotatable bonds is 5. The van der Waals surface area contributed by atoms with Crippen molar-refractivity contribution in [2.24, 2.45) is 0 Å². The third-order valence-electron chi connectivity index (χ3n) is 3.61. The molecule has 21 heavy (non-hydrogen) atoms. The zero-order chi connectivity index (χ0) is 15.4. The molecule has 0 spiro atoms. The second-order valence-electron chi connectivity index (χ2n) is 5.14. The number of nitrogens with zero attached hydrogens (tertiary/aromatic N) is 2. The first-order valence-corrected chi connectivity index (χ1v) is 8.90. The summed E-state index contributed by atoms with van der Waals surface area (Å²) < 4.78 is 13.2. The van der Waals surface area contributed by atoms with Gasteiger partial charge in [-0.15, -0.1) is 0 Å². The molecule has 1 aromatic carbocycles. The molecule has 116 valence electrons. The molecule has 0 aliphatic carbocycles. The minimum absolute atomic E-state index is 0.120. The third kappa shape index (κ3) is 4.60. The molecule has 1 aromatic rings. The lowest BCUT2D eigenvalue weighted by Gasteiger charge is -2.32. The molecule has 1 fully saturated rings. The monoisotopic (exact) mass is 374 g/mol. The van der Waals surface area contributed by atoms with Crippen molar-refractivity contribution >= 4 is 32.7 Å². The van der Waals surface area contributed by atoms with Crippen LogP contribution in [0.2, 0.25) is 0 Å². The van der Waals surface area contributed by atoms with Gasteiger partial charge in [-0.05, 0) is 25.2 Å². The second kappa shape index (κ2) is 7.49. The second-order valence-corrected chi connectivity index (χ2v) is 7.59. The molecule has 1 unspecified atom stereocenters. The average molecular weight is 375 g/mol. The van der Waals surface area contributed by atoms with Gasteiger partial charge in [0.05, 0.1) is 21.3 Å². The molecule has 1 saturated heterocycles. The topological polar surface area (TPSA) is 60.9 Å². The summed E-state index contributed by atoms with van der Waals surface area (Å²) in [6.45, 7) is 4.70. The number of carboxylic acids is 1. The lowest BCUT2D eigenvalue weighted by Crippen LogP contribution is -2.45. The zero-order valence-corrected chi connectivity index (χ0v) is 14.3. The molecule has 0 bridgehead atoms. The SMILES string of the molecule is CN1CCN(CCS(=O)c2cc(Br)ccc2C(=O)O)CC1. The van der Waals surface area contributed by atoms with Crippen molar-refractivity contribution in [3.05, 3.63) is 28.2 Å². The molecule has 0 saturated carbocycles. The van der Waals surface area contributed by atoms with Crippen LogP contribution in [-0.4, -0.2) is 70.6 Å². The van der Waals surface area contributed by atoms with E-state index in [-0.39, 0.29) is 5.56 Å². The average Bonchev–Trinajstić information content (AvgIpc) is 2.46. The smallest absolute Gasteiger partial charge is 0.336 e. The Labute approximate surface area is 135 Å². The first-order valence-electron chi connectivity index (χ1n) is 6.79. The Hall–Kier alpha value is -0.760. The van der Waals surface area contributed by atoms with Gasteiger partial charge in [-0.25, -0.2) is 4.79 Å². The molecule has 1 heterocycles. The van der Waals surface area contributed by atoms with Gasteiger partial charge in [-0.1, -0.05) is 15.9 Å². The summed E-state index contributed by atoms with van der Waals surface area (Å²) in [6.07, 6.45) is 0. The highest BCUT2D eigenvalue weighted by atomic mass is 79.9. The van der Waals surface area contributed by atoms with Gasteiger partial charge in [0.25, 0.3) is 0 Å². The molecule has 7 heteroatoms. The van der Waals surface area contributed by atoms with Crippen LogP contribution in [0.1, 0.15) is 10.4 Å². The van der Waals surface area contributed by atoms with Gasteiger partial charge in [-0.3, -0.25) is 9.11 Å². The summed E-state index contributed by atoms with van der Waals surface area (Å²) in [4.78, 5) is 16.2. The summed E-state index contributed by atoms with van der Waals surface area (Å²) in [6, 6.07) is 4.80. The van der Waals surface area contributed by atoms with Crippen LogP contribution in [0, 0.1) is 0 Å². The lowest BCUT2D eigenvalue weighted by atomic mass is 10.2. The largest absolute Gasteiger partial charge is 0.478 e. The van der Waals surface area contributed by atoms with Gasteiger partial charge < -0.3 is 10.0 Å². The molecule has 0 amide bonds. The lowest BCUT2D eigenvalue weighted by molar-refractivity contribution is 0.0693. The number of piperazine rings is 1. The van der Waals surface area contributed by atoms with E-state index < -0.39 is 16.8 Å². The first kappa shape index (κ1) is 16.6. The van der Waals surface area contributed by atoms with Crippen molar-refractivity contribution in [2.75, 3.05) is 45.5 Å². The Bertz CT molecular complexity index is 545. The predicted molar refractivity (Wildman–Crippen MR) is 86.3 cm³/mol. The molecule has 1 aliphatic rings. The van der Waals surface area contributed by atoms with Crippen LogP contribution in [0.5, 0.6) is 0 Å². The van der Waals surface area contributed by atoms with Crippen molar-refractivity contribution < 1.29 is 14.1 Å². The minimum atomic E-state index is -1.30. The highest BCUT2D eigenvalue weighted by Gasteiger charge is 2.18. The van der Waals surface area contributed by atoms with E-state index in [0.29, 0.717) is 10.6 Å². The van der Waals surface area contributed by atoms with Crippen LogP contribution in [0.15, 0.2) is 27.6 Å². The van der Waals surface area contributed by atoms with Gasteiger partial charge in [0.1, 0.15) is 0 Å². The molecule has 1 N–H and O–H groups in total.